The highest BCUT2D eigenvalue weighted by Gasteiger charge is 2.10. The largest absolute Gasteiger partial charge is 0.508 e. The van der Waals surface area contributed by atoms with Crippen LogP contribution in [-0.4, -0.2) is 17.6 Å². The lowest BCUT2D eigenvalue weighted by atomic mass is 10.1. The zero-order valence-corrected chi connectivity index (χ0v) is 14.3. The monoisotopic (exact) mass is 335 g/mol. The average Bonchev–Trinajstić information content (AvgIpc) is 2.59. The fourth-order valence-electron chi connectivity index (χ4n) is 2.40. The van der Waals surface area contributed by atoms with Crippen molar-refractivity contribution < 1.29 is 9.90 Å². The van der Waals surface area contributed by atoms with E-state index in [-0.39, 0.29) is 11.3 Å². The van der Waals surface area contributed by atoms with Gasteiger partial charge in [0.15, 0.2) is 0 Å². The summed E-state index contributed by atoms with van der Waals surface area (Å²) in [6.07, 6.45) is 2.24. The van der Waals surface area contributed by atoms with E-state index in [1.807, 2.05) is 18.2 Å². The summed E-state index contributed by atoms with van der Waals surface area (Å²) in [7, 11) is 0. The molecule has 0 heterocycles. The van der Waals surface area contributed by atoms with E-state index in [0.717, 1.165) is 12.0 Å². The smallest absolute Gasteiger partial charge is 0.267 e. The topological polar surface area (TPSA) is 85.2 Å². The molecule has 0 atom stereocenters. The normalized spacial score (nSPS) is 10.8. The van der Waals surface area contributed by atoms with Crippen LogP contribution in [0.4, 0.5) is 5.69 Å². The third-order valence-corrected chi connectivity index (χ3v) is 3.87. The minimum atomic E-state index is -0.486. The van der Waals surface area contributed by atoms with Gasteiger partial charge in [0.05, 0.1) is 0 Å². The number of aryl methyl sites for hydroxylation is 2. The van der Waals surface area contributed by atoms with Crippen molar-refractivity contribution >= 4 is 11.6 Å². The van der Waals surface area contributed by atoms with Crippen LogP contribution >= 0.6 is 0 Å². The fourth-order valence-corrected chi connectivity index (χ4v) is 2.40. The molecule has 0 aliphatic heterocycles. The Bertz CT molecular complexity index is 835. The second-order valence-corrected chi connectivity index (χ2v) is 5.75. The van der Waals surface area contributed by atoms with Crippen LogP contribution in [0.1, 0.15) is 16.7 Å². The van der Waals surface area contributed by atoms with Gasteiger partial charge in [-0.25, -0.2) is 0 Å². The number of carbonyl (C=O) groups excluding carboxylic acids is 1. The van der Waals surface area contributed by atoms with Gasteiger partial charge in [-0.2, -0.15) is 5.26 Å². The lowest BCUT2D eigenvalue weighted by Gasteiger charge is -2.09. The third kappa shape index (κ3) is 5.11. The summed E-state index contributed by atoms with van der Waals surface area (Å²) in [4.78, 5) is 12.2. The summed E-state index contributed by atoms with van der Waals surface area (Å²) in [6, 6.07) is 14.6. The number of hydrogen-bond acceptors (Lipinski definition) is 4. The number of hydrogen-bond donors (Lipinski definition) is 3. The summed E-state index contributed by atoms with van der Waals surface area (Å²) < 4.78 is 0. The molecule has 3 N–H and O–H groups in total. The summed E-state index contributed by atoms with van der Waals surface area (Å²) >= 11 is 0. The quantitative estimate of drug-likeness (QED) is 0.327. The Morgan fingerprint density at radius 3 is 2.64 bits per heavy atom. The number of anilines is 1. The van der Waals surface area contributed by atoms with Gasteiger partial charge in [0.25, 0.3) is 5.91 Å². The predicted molar refractivity (Wildman–Crippen MR) is 98.1 cm³/mol. The van der Waals surface area contributed by atoms with Gasteiger partial charge in [-0.1, -0.05) is 24.3 Å². The average molecular weight is 335 g/mol. The summed E-state index contributed by atoms with van der Waals surface area (Å²) in [5, 5.41) is 24.3. The lowest BCUT2D eigenvalue weighted by Crippen LogP contribution is -2.18. The number of nitriles is 1. The van der Waals surface area contributed by atoms with Gasteiger partial charge in [-0.3, -0.25) is 4.79 Å². The van der Waals surface area contributed by atoms with Crippen LogP contribution in [-0.2, 0) is 11.2 Å². The van der Waals surface area contributed by atoms with E-state index in [4.69, 9.17) is 0 Å². The van der Waals surface area contributed by atoms with Crippen LogP contribution in [0.5, 0.6) is 5.75 Å². The van der Waals surface area contributed by atoms with E-state index in [2.05, 4.69) is 29.7 Å². The molecule has 2 aromatic carbocycles. The molecule has 0 aliphatic carbocycles. The van der Waals surface area contributed by atoms with E-state index in [0.29, 0.717) is 12.2 Å². The Labute approximate surface area is 147 Å². The summed E-state index contributed by atoms with van der Waals surface area (Å²) in [6.45, 7) is 4.45. The molecular formula is C20H21N3O2. The van der Waals surface area contributed by atoms with Gasteiger partial charge < -0.3 is 15.7 Å². The number of nitrogens with zero attached hydrogens (tertiary/aromatic N) is 1. The first kappa shape index (κ1) is 18.1. The van der Waals surface area contributed by atoms with Crippen LogP contribution in [0.25, 0.3) is 0 Å². The van der Waals surface area contributed by atoms with E-state index < -0.39 is 5.91 Å². The molecule has 0 radical (unpaired) electrons. The molecular weight excluding hydrogens is 314 g/mol. The Balaban J connectivity index is 1.94. The Kier molecular flexibility index (Phi) is 6.19. The Hall–Kier alpha value is -3.26. The van der Waals surface area contributed by atoms with Gasteiger partial charge in [-0.15, -0.1) is 0 Å². The van der Waals surface area contributed by atoms with Crippen molar-refractivity contribution in [2.75, 3.05) is 11.9 Å². The van der Waals surface area contributed by atoms with Crippen molar-refractivity contribution in [2.24, 2.45) is 0 Å². The van der Waals surface area contributed by atoms with Crippen LogP contribution < -0.4 is 10.6 Å². The van der Waals surface area contributed by atoms with Gasteiger partial charge in [0.1, 0.15) is 17.4 Å². The summed E-state index contributed by atoms with van der Waals surface area (Å²) in [5.74, 6) is -0.357. The fraction of sp³-hybridized carbons (Fsp3) is 0.200. The molecule has 0 fully saturated rings. The molecule has 0 aliphatic rings. The Morgan fingerprint density at radius 2 is 1.96 bits per heavy atom. The van der Waals surface area contributed by atoms with E-state index in [1.165, 1.54) is 23.4 Å². The molecule has 0 unspecified atom stereocenters. The van der Waals surface area contributed by atoms with Crippen molar-refractivity contribution in [3.63, 3.8) is 0 Å². The van der Waals surface area contributed by atoms with Crippen LogP contribution in [0.2, 0.25) is 0 Å². The SMILES string of the molecule is Cc1ccccc1CCN/C=C(/C#N)C(=O)Nc1ccc(O)cc1C. The van der Waals surface area contributed by atoms with Crippen molar-refractivity contribution in [2.45, 2.75) is 20.3 Å². The minimum absolute atomic E-state index is 0.00254. The van der Waals surface area contributed by atoms with E-state index in [9.17, 15) is 15.2 Å². The van der Waals surface area contributed by atoms with Gasteiger partial charge in [-0.05, 0) is 55.2 Å². The van der Waals surface area contributed by atoms with Crippen LogP contribution in [0.15, 0.2) is 54.2 Å². The number of rotatable bonds is 6. The maximum absolute atomic E-state index is 12.2. The summed E-state index contributed by atoms with van der Waals surface area (Å²) in [5.41, 5.74) is 3.72. The molecule has 0 saturated heterocycles. The number of carbonyl (C=O) groups is 1. The first-order valence-electron chi connectivity index (χ1n) is 8.00. The highest BCUT2D eigenvalue weighted by Crippen LogP contribution is 2.20. The zero-order valence-electron chi connectivity index (χ0n) is 14.3. The van der Waals surface area contributed by atoms with Gasteiger partial charge >= 0.3 is 0 Å². The second-order valence-electron chi connectivity index (χ2n) is 5.75. The number of amides is 1. The molecule has 2 aromatic rings. The number of phenolic OH excluding ortho intramolecular Hbond substituents is 1. The molecule has 2 rings (SSSR count). The minimum Gasteiger partial charge on any atom is -0.508 e. The molecule has 128 valence electrons. The second kappa shape index (κ2) is 8.55. The number of aromatic hydroxyl groups is 1. The molecule has 0 bridgehead atoms. The predicted octanol–water partition coefficient (Wildman–Crippen LogP) is 3.19. The van der Waals surface area contributed by atoms with Gasteiger partial charge in [0, 0.05) is 18.4 Å². The van der Waals surface area contributed by atoms with Crippen molar-refractivity contribution in [1.82, 2.24) is 5.32 Å². The highest BCUT2D eigenvalue weighted by atomic mass is 16.3. The van der Waals surface area contributed by atoms with E-state index >= 15 is 0 Å². The molecule has 0 spiro atoms. The molecule has 25 heavy (non-hydrogen) atoms. The van der Waals surface area contributed by atoms with Crippen molar-refractivity contribution in [3.05, 3.63) is 70.9 Å². The first-order chi connectivity index (χ1) is 12.0. The highest BCUT2D eigenvalue weighted by molar-refractivity contribution is 6.06. The van der Waals surface area contributed by atoms with Crippen LogP contribution in [0.3, 0.4) is 0 Å². The van der Waals surface area contributed by atoms with E-state index in [1.54, 1.807) is 19.1 Å². The number of nitrogens with one attached hydrogen (secondary N) is 2. The number of benzene rings is 2. The number of phenols is 1. The molecule has 0 aromatic heterocycles. The third-order valence-electron chi connectivity index (χ3n) is 3.87. The Morgan fingerprint density at radius 1 is 1.20 bits per heavy atom. The van der Waals surface area contributed by atoms with Crippen molar-refractivity contribution in [3.8, 4) is 11.8 Å². The lowest BCUT2D eigenvalue weighted by molar-refractivity contribution is -0.112. The molecule has 5 heteroatoms. The molecule has 1 amide bonds. The van der Waals surface area contributed by atoms with Gasteiger partial charge in [0.2, 0.25) is 0 Å². The zero-order chi connectivity index (χ0) is 18.2. The standard InChI is InChI=1S/C20H21N3O2/c1-14-5-3-4-6-16(14)9-10-22-13-17(12-21)20(25)23-19-8-7-18(24)11-15(19)2/h3-8,11,13,22,24H,9-10H2,1-2H3,(H,23,25)/b17-13-. The molecule has 5 nitrogen and oxygen atoms in total. The van der Waals surface area contributed by atoms with Crippen LogP contribution in [0, 0.1) is 25.2 Å². The maximum Gasteiger partial charge on any atom is 0.267 e. The first-order valence-corrected chi connectivity index (χ1v) is 8.00. The maximum atomic E-state index is 12.2. The van der Waals surface area contributed by atoms with Crippen molar-refractivity contribution in [1.29, 1.82) is 5.26 Å². The molecule has 0 saturated carbocycles.